The molecule has 0 spiro atoms. The minimum absolute atomic E-state index is 0.0457. The van der Waals surface area contributed by atoms with Gasteiger partial charge in [-0.15, -0.1) is 0 Å². The van der Waals surface area contributed by atoms with E-state index >= 15 is 0 Å². The van der Waals surface area contributed by atoms with Gasteiger partial charge in [0, 0.05) is 19.3 Å². The Labute approximate surface area is 88.9 Å². The van der Waals surface area contributed by atoms with Crippen LogP contribution in [0.5, 0.6) is 0 Å². The predicted molar refractivity (Wildman–Crippen MR) is 53.9 cm³/mol. The third-order valence-corrected chi connectivity index (χ3v) is 2.55. The van der Waals surface area contributed by atoms with E-state index in [0.717, 1.165) is 0 Å². The lowest BCUT2D eigenvalue weighted by Crippen LogP contribution is -2.37. The van der Waals surface area contributed by atoms with Crippen molar-refractivity contribution >= 4 is 11.6 Å². The van der Waals surface area contributed by atoms with Crippen molar-refractivity contribution in [1.82, 2.24) is 0 Å². The van der Waals surface area contributed by atoms with Crippen molar-refractivity contribution in [2.75, 3.05) is 0 Å². The highest BCUT2D eigenvalue weighted by atomic mass is 16.6. The first-order valence-corrected chi connectivity index (χ1v) is 5.22. The molecule has 1 aliphatic rings. The molecule has 1 aliphatic heterocycles. The molecule has 0 aromatic rings. The highest BCUT2D eigenvalue weighted by Crippen LogP contribution is 2.33. The molecule has 1 heterocycles. The lowest BCUT2D eigenvalue weighted by Gasteiger charge is -2.19. The van der Waals surface area contributed by atoms with Crippen molar-refractivity contribution in [3.05, 3.63) is 11.3 Å². The van der Waals surface area contributed by atoms with Crippen molar-refractivity contribution in [3.63, 3.8) is 0 Å². The second kappa shape index (κ2) is 4.14. The van der Waals surface area contributed by atoms with E-state index < -0.39 is 11.6 Å². The van der Waals surface area contributed by atoms with Crippen LogP contribution in [0.15, 0.2) is 11.3 Å². The number of allylic oxidation sites excluding steroid dienone is 1. The predicted octanol–water partition coefficient (Wildman–Crippen LogP) is 1.33. The first-order valence-electron chi connectivity index (χ1n) is 5.22. The summed E-state index contributed by atoms with van der Waals surface area (Å²) in [6.45, 7) is 5.11. The number of ether oxygens (including phenoxy) is 1. The minimum atomic E-state index is -1.81. The first kappa shape index (κ1) is 11.9. The molecule has 0 aromatic carbocycles. The smallest absolute Gasteiger partial charge is 0.272 e. The first-order chi connectivity index (χ1) is 7.00. The minimum Gasteiger partial charge on any atom is -0.458 e. The van der Waals surface area contributed by atoms with E-state index in [4.69, 9.17) is 4.74 Å². The van der Waals surface area contributed by atoms with Crippen LogP contribution in [0.3, 0.4) is 0 Å². The van der Waals surface area contributed by atoms with Gasteiger partial charge in [-0.1, -0.05) is 20.8 Å². The Kier molecular flexibility index (Phi) is 3.29. The quantitative estimate of drug-likeness (QED) is 0.714. The highest BCUT2D eigenvalue weighted by Gasteiger charge is 2.48. The molecule has 0 saturated carbocycles. The summed E-state index contributed by atoms with van der Waals surface area (Å²) in [6.07, 6.45) is 0.832. The number of Topliss-reactive ketones (excluding diaryl/α,β-unsaturated/α-hetero) is 2. The molecule has 1 N–H and O–H groups in total. The van der Waals surface area contributed by atoms with E-state index in [1.807, 2.05) is 0 Å². The summed E-state index contributed by atoms with van der Waals surface area (Å²) in [5.41, 5.74) is 0.0457. The van der Waals surface area contributed by atoms with Gasteiger partial charge in [-0.05, 0) is 0 Å². The third kappa shape index (κ3) is 1.81. The van der Waals surface area contributed by atoms with Crippen molar-refractivity contribution < 1.29 is 19.4 Å². The zero-order valence-electron chi connectivity index (χ0n) is 9.29. The van der Waals surface area contributed by atoms with Crippen LogP contribution in [0.1, 0.15) is 40.0 Å². The van der Waals surface area contributed by atoms with Gasteiger partial charge in [0.25, 0.3) is 5.79 Å². The molecule has 0 aliphatic carbocycles. The van der Waals surface area contributed by atoms with Crippen LogP contribution in [0.2, 0.25) is 0 Å². The number of aliphatic hydroxyl groups is 1. The van der Waals surface area contributed by atoms with Crippen LogP contribution < -0.4 is 0 Å². The Balaban J connectivity index is 3.11. The largest absolute Gasteiger partial charge is 0.458 e. The van der Waals surface area contributed by atoms with Crippen LogP contribution in [0.25, 0.3) is 0 Å². The summed E-state index contributed by atoms with van der Waals surface area (Å²) < 4.78 is 5.16. The summed E-state index contributed by atoms with van der Waals surface area (Å²) >= 11 is 0. The standard InChI is InChI=1S/C11H16O4/c1-4-7(12)9-8(5-2)15-11(14,6-3)10(9)13/h14H,4-6H2,1-3H3. The molecule has 0 fully saturated rings. The number of rotatable bonds is 4. The summed E-state index contributed by atoms with van der Waals surface area (Å²) in [6, 6.07) is 0. The number of ketones is 2. The fourth-order valence-electron chi connectivity index (χ4n) is 1.56. The molecule has 15 heavy (non-hydrogen) atoms. The molecule has 1 rings (SSSR count). The Morgan fingerprint density at radius 1 is 1.40 bits per heavy atom. The van der Waals surface area contributed by atoms with Crippen molar-refractivity contribution in [2.45, 2.75) is 45.8 Å². The lowest BCUT2D eigenvalue weighted by molar-refractivity contribution is -0.178. The van der Waals surface area contributed by atoms with Crippen LogP contribution in [-0.4, -0.2) is 22.5 Å². The van der Waals surface area contributed by atoms with Gasteiger partial charge < -0.3 is 9.84 Å². The van der Waals surface area contributed by atoms with Crippen molar-refractivity contribution in [2.24, 2.45) is 0 Å². The molecule has 84 valence electrons. The van der Waals surface area contributed by atoms with Crippen LogP contribution in [-0.2, 0) is 14.3 Å². The molecule has 1 unspecified atom stereocenters. The molecule has 0 saturated heterocycles. The summed E-state index contributed by atoms with van der Waals surface area (Å²) in [4.78, 5) is 23.3. The summed E-state index contributed by atoms with van der Waals surface area (Å²) in [7, 11) is 0. The average molecular weight is 212 g/mol. The van der Waals surface area contributed by atoms with Gasteiger partial charge in [-0.2, -0.15) is 0 Å². The topological polar surface area (TPSA) is 63.6 Å². The van der Waals surface area contributed by atoms with Gasteiger partial charge in [0.2, 0.25) is 5.78 Å². The molecule has 0 bridgehead atoms. The number of carbonyl (C=O) groups excluding carboxylic acids is 2. The van der Waals surface area contributed by atoms with Gasteiger partial charge in [0.15, 0.2) is 5.78 Å². The van der Waals surface area contributed by atoms with E-state index in [9.17, 15) is 14.7 Å². The Morgan fingerprint density at radius 3 is 2.40 bits per heavy atom. The van der Waals surface area contributed by atoms with Gasteiger partial charge >= 0.3 is 0 Å². The third-order valence-electron chi connectivity index (χ3n) is 2.55. The monoisotopic (exact) mass is 212 g/mol. The summed E-state index contributed by atoms with van der Waals surface area (Å²) in [5, 5.41) is 9.82. The SMILES string of the molecule is CCC(=O)C1=C(CC)OC(O)(CC)C1=O. The van der Waals surface area contributed by atoms with Crippen molar-refractivity contribution in [1.29, 1.82) is 0 Å². The molecule has 0 radical (unpaired) electrons. The second-order valence-electron chi connectivity index (χ2n) is 3.50. The Morgan fingerprint density at radius 2 is 2.00 bits per heavy atom. The molecule has 4 nitrogen and oxygen atoms in total. The van der Waals surface area contributed by atoms with Gasteiger partial charge in [-0.3, -0.25) is 9.59 Å². The Hall–Kier alpha value is -1.16. The number of carbonyl (C=O) groups is 2. The van der Waals surface area contributed by atoms with Crippen LogP contribution in [0, 0.1) is 0 Å². The normalized spacial score (nSPS) is 25.7. The molecule has 1 atom stereocenters. The molecular weight excluding hydrogens is 196 g/mol. The second-order valence-corrected chi connectivity index (χ2v) is 3.50. The van der Waals surface area contributed by atoms with E-state index in [1.165, 1.54) is 0 Å². The molecular formula is C11H16O4. The lowest BCUT2D eigenvalue weighted by atomic mass is 9.98. The zero-order chi connectivity index (χ0) is 11.6. The van der Waals surface area contributed by atoms with E-state index in [-0.39, 0.29) is 24.2 Å². The maximum absolute atomic E-state index is 11.8. The average Bonchev–Trinajstić information content (AvgIpc) is 2.51. The van der Waals surface area contributed by atoms with Gasteiger partial charge in [0.1, 0.15) is 11.3 Å². The Bertz CT molecular complexity index is 329. The number of hydrogen-bond donors (Lipinski definition) is 1. The van der Waals surface area contributed by atoms with Crippen LogP contribution >= 0.6 is 0 Å². The van der Waals surface area contributed by atoms with E-state index in [1.54, 1.807) is 20.8 Å². The molecule has 0 aromatic heterocycles. The zero-order valence-corrected chi connectivity index (χ0v) is 9.29. The molecule has 0 amide bonds. The van der Waals surface area contributed by atoms with E-state index in [0.29, 0.717) is 12.2 Å². The maximum Gasteiger partial charge on any atom is 0.272 e. The van der Waals surface area contributed by atoms with Crippen molar-refractivity contribution in [3.8, 4) is 0 Å². The van der Waals surface area contributed by atoms with E-state index in [2.05, 4.69) is 0 Å². The van der Waals surface area contributed by atoms with Gasteiger partial charge in [0.05, 0.1) is 0 Å². The highest BCUT2D eigenvalue weighted by molar-refractivity contribution is 6.24. The molecule has 4 heteroatoms. The van der Waals surface area contributed by atoms with Crippen LogP contribution in [0.4, 0.5) is 0 Å². The number of hydrogen-bond acceptors (Lipinski definition) is 4. The fourth-order valence-corrected chi connectivity index (χ4v) is 1.56. The van der Waals surface area contributed by atoms with Gasteiger partial charge in [-0.25, -0.2) is 0 Å². The summed E-state index contributed by atoms with van der Waals surface area (Å²) in [5.74, 6) is -2.35. The fraction of sp³-hybridized carbons (Fsp3) is 0.636. The maximum atomic E-state index is 11.8.